The van der Waals surface area contributed by atoms with Gasteiger partial charge in [0.2, 0.25) is 0 Å². The van der Waals surface area contributed by atoms with Gasteiger partial charge in [0.25, 0.3) is 0 Å². The number of thiol groups is 1. The third-order valence-electron chi connectivity index (χ3n) is 2.31. The first-order valence-electron chi connectivity index (χ1n) is 5.23. The predicted octanol–water partition coefficient (Wildman–Crippen LogP) is 3.38. The fourth-order valence-electron chi connectivity index (χ4n) is 1.36. The molecule has 2 aromatic carbocycles. The number of methoxy groups -OCH3 is 1. The molecule has 0 aliphatic carbocycles. The lowest BCUT2D eigenvalue weighted by atomic mass is 10.2. The third-order valence-corrected chi connectivity index (χ3v) is 2.61. The lowest BCUT2D eigenvalue weighted by Gasteiger charge is -1.97. The van der Waals surface area contributed by atoms with E-state index in [1.165, 1.54) is 0 Å². The second-order valence-corrected chi connectivity index (χ2v) is 4.04. The molecule has 0 amide bonds. The van der Waals surface area contributed by atoms with E-state index in [0.717, 1.165) is 21.8 Å². The van der Waals surface area contributed by atoms with Crippen LogP contribution >= 0.6 is 12.6 Å². The molecule has 0 bridgehead atoms. The first-order chi connectivity index (χ1) is 8.28. The zero-order valence-corrected chi connectivity index (χ0v) is 10.4. The topological polar surface area (TPSA) is 9.23 Å². The summed E-state index contributed by atoms with van der Waals surface area (Å²) in [6.07, 6.45) is 0. The van der Waals surface area contributed by atoms with Gasteiger partial charge in [0, 0.05) is 16.0 Å². The van der Waals surface area contributed by atoms with Crippen molar-refractivity contribution >= 4 is 12.6 Å². The monoisotopic (exact) mass is 240 g/mol. The second-order valence-electron chi connectivity index (χ2n) is 3.53. The molecule has 0 saturated carbocycles. The molecule has 0 unspecified atom stereocenters. The summed E-state index contributed by atoms with van der Waals surface area (Å²) in [4.78, 5) is 0.944. The van der Waals surface area contributed by atoms with Crippen molar-refractivity contribution in [2.45, 2.75) is 4.90 Å². The fraction of sp³-hybridized carbons (Fsp3) is 0.0667. The summed E-state index contributed by atoms with van der Waals surface area (Å²) in [7, 11) is 1.65. The minimum atomic E-state index is 0.843. The van der Waals surface area contributed by atoms with Crippen LogP contribution in [0.4, 0.5) is 0 Å². The van der Waals surface area contributed by atoms with Crippen molar-refractivity contribution in [3.8, 4) is 17.6 Å². The van der Waals surface area contributed by atoms with Gasteiger partial charge in [-0.25, -0.2) is 0 Å². The van der Waals surface area contributed by atoms with E-state index in [-0.39, 0.29) is 0 Å². The highest BCUT2D eigenvalue weighted by atomic mass is 32.1. The van der Waals surface area contributed by atoms with Gasteiger partial charge in [0.05, 0.1) is 7.11 Å². The molecule has 0 fully saturated rings. The van der Waals surface area contributed by atoms with Crippen molar-refractivity contribution in [2.24, 2.45) is 0 Å². The Morgan fingerprint density at radius 1 is 0.824 bits per heavy atom. The molecular formula is C15H12OS. The lowest BCUT2D eigenvalue weighted by molar-refractivity contribution is 0.415. The van der Waals surface area contributed by atoms with Crippen molar-refractivity contribution in [3.05, 3.63) is 59.7 Å². The summed E-state index contributed by atoms with van der Waals surface area (Å²) in [6.45, 7) is 0. The maximum absolute atomic E-state index is 5.09. The van der Waals surface area contributed by atoms with Crippen LogP contribution in [0.3, 0.4) is 0 Å². The molecule has 0 saturated heterocycles. The van der Waals surface area contributed by atoms with E-state index in [2.05, 4.69) is 24.5 Å². The zero-order valence-electron chi connectivity index (χ0n) is 9.47. The van der Waals surface area contributed by atoms with E-state index in [9.17, 15) is 0 Å². The van der Waals surface area contributed by atoms with E-state index < -0.39 is 0 Å². The van der Waals surface area contributed by atoms with Crippen molar-refractivity contribution in [1.29, 1.82) is 0 Å². The smallest absolute Gasteiger partial charge is 0.118 e. The van der Waals surface area contributed by atoms with Crippen LogP contribution in [-0.2, 0) is 0 Å². The normalized spacial score (nSPS) is 9.29. The molecule has 2 aromatic rings. The number of ether oxygens (including phenoxy) is 1. The Morgan fingerprint density at radius 2 is 1.29 bits per heavy atom. The molecule has 2 rings (SSSR count). The average Bonchev–Trinajstić information content (AvgIpc) is 2.39. The third kappa shape index (κ3) is 3.30. The predicted molar refractivity (Wildman–Crippen MR) is 72.7 cm³/mol. The van der Waals surface area contributed by atoms with Gasteiger partial charge in [-0.05, 0) is 48.5 Å². The molecule has 0 radical (unpaired) electrons. The number of rotatable bonds is 1. The van der Waals surface area contributed by atoms with Crippen LogP contribution in [-0.4, -0.2) is 7.11 Å². The molecule has 1 nitrogen and oxygen atoms in total. The Hall–Kier alpha value is -1.85. The number of benzene rings is 2. The standard InChI is InChI=1S/C15H12OS/c1-16-14-8-4-12(5-9-14)2-3-13-6-10-15(17)11-7-13/h4-11,17H,1H3. The van der Waals surface area contributed by atoms with E-state index >= 15 is 0 Å². The second kappa shape index (κ2) is 5.47. The highest BCUT2D eigenvalue weighted by molar-refractivity contribution is 7.80. The molecule has 0 spiro atoms. The quantitative estimate of drug-likeness (QED) is 0.594. The Kier molecular flexibility index (Phi) is 3.74. The van der Waals surface area contributed by atoms with Crippen LogP contribution < -0.4 is 4.74 Å². The molecule has 0 heterocycles. The zero-order chi connectivity index (χ0) is 12.1. The maximum Gasteiger partial charge on any atom is 0.118 e. The SMILES string of the molecule is COc1ccc(C#Cc2ccc(S)cc2)cc1. The molecule has 0 N–H and O–H groups in total. The van der Waals surface area contributed by atoms with Gasteiger partial charge in [0.1, 0.15) is 5.75 Å². The largest absolute Gasteiger partial charge is 0.497 e. The summed E-state index contributed by atoms with van der Waals surface area (Å²) in [6, 6.07) is 15.5. The molecule has 0 aliphatic heterocycles. The van der Waals surface area contributed by atoms with E-state index in [1.807, 2.05) is 48.5 Å². The van der Waals surface area contributed by atoms with Crippen LogP contribution in [0.1, 0.15) is 11.1 Å². The summed E-state index contributed by atoms with van der Waals surface area (Å²) >= 11 is 4.23. The van der Waals surface area contributed by atoms with Gasteiger partial charge in [-0.3, -0.25) is 0 Å². The number of hydrogen-bond acceptors (Lipinski definition) is 2. The molecule has 0 aromatic heterocycles. The molecule has 2 heteroatoms. The Bertz CT molecular complexity index is 544. The molecule has 0 aliphatic rings. The summed E-state index contributed by atoms with van der Waals surface area (Å²) in [5.41, 5.74) is 1.96. The highest BCUT2D eigenvalue weighted by Gasteiger charge is 1.90. The summed E-state index contributed by atoms with van der Waals surface area (Å²) in [5.74, 6) is 7.04. The Morgan fingerprint density at radius 3 is 1.76 bits per heavy atom. The van der Waals surface area contributed by atoms with Gasteiger partial charge in [-0.1, -0.05) is 11.8 Å². The van der Waals surface area contributed by atoms with Crippen molar-refractivity contribution in [1.82, 2.24) is 0 Å². The highest BCUT2D eigenvalue weighted by Crippen LogP contribution is 2.11. The Balaban J connectivity index is 2.17. The maximum atomic E-state index is 5.09. The van der Waals surface area contributed by atoms with Gasteiger partial charge in [-0.2, -0.15) is 0 Å². The summed E-state index contributed by atoms with van der Waals surface area (Å²) < 4.78 is 5.09. The van der Waals surface area contributed by atoms with Crippen LogP contribution in [0.2, 0.25) is 0 Å². The minimum absolute atomic E-state index is 0.843. The van der Waals surface area contributed by atoms with E-state index in [4.69, 9.17) is 4.74 Å². The van der Waals surface area contributed by atoms with Crippen LogP contribution in [0.15, 0.2) is 53.4 Å². The molecule has 0 atom stereocenters. The molecule has 84 valence electrons. The van der Waals surface area contributed by atoms with E-state index in [0.29, 0.717) is 0 Å². The van der Waals surface area contributed by atoms with Crippen LogP contribution in [0, 0.1) is 11.8 Å². The first kappa shape index (κ1) is 11.6. The number of hydrogen-bond donors (Lipinski definition) is 1. The van der Waals surface area contributed by atoms with Crippen LogP contribution in [0.5, 0.6) is 5.75 Å². The average molecular weight is 240 g/mol. The van der Waals surface area contributed by atoms with Crippen molar-refractivity contribution in [2.75, 3.05) is 7.11 Å². The van der Waals surface area contributed by atoms with Crippen molar-refractivity contribution in [3.63, 3.8) is 0 Å². The minimum Gasteiger partial charge on any atom is -0.497 e. The fourth-order valence-corrected chi connectivity index (χ4v) is 1.51. The molecule has 17 heavy (non-hydrogen) atoms. The Labute approximate surface area is 107 Å². The lowest BCUT2D eigenvalue weighted by Crippen LogP contribution is -1.82. The van der Waals surface area contributed by atoms with E-state index in [1.54, 1.807) is 7.11 Å². The van der Waals surface area contributed by atoms with Crippen LogP contribution in [0.25, 0.3) is 0 Å². The van der Waals surface area contributed by atoms with Gasteiger partial charge in [-0.15, -0.1) is 12.6 Å². The van der Waals surface area contributed by atoms with Gasteiger partial charge >= 0.3 is 0 Å². The molecular weight excluding hydrogens is 228 g/mol. The first-order valence-corrected chi connectivity index (χ1v) is 5.68. The van der Waals surface area contributed by atoms with Gasteiger partial charge < -0.3 is 4.74 Å². The summed E-state index contributed by atoms with van der Waals surface area (Å²) in [5, 5.41) is 0. The van der Waals surface area contributed by atoms with Gasteiger partial charge in [0.15, 0.2) is 0 Å². The van der Waals surface area contributed by atoms with Crippen molar-refractivity contribution < 1.29 is 4.74 Å².